The van der Waals surface area contributed by atoms with Gasteiger partial charge < -0.3 is 11.1 Å². The van der Waals surface area contributed by atoms with Crippen LogP contribution in [0.4, 0.5) is 10.2 Å². The summed E-state index contributed by atoms with van der Waals surface area (Å²) in [6, 6.07) is 3.40. The summed E-state index contributed by atoms with van der Waals surface area (Å²) < 4.78 is 13.5. The van der Waals surface area contributed by atoms with Gasteiger partial charge in [-0.1, -0.05) is 12.1 Å². The van der Waals surface area contributed by atoms with Gasteiger partial charge in [-0.2, -0.15) is 0 Å². The number of amides is 1. The van der Waals surface area contributed by atoms with E-state index in [9.17, 15) is 9.18 Å². The number of nitrogens with one attached hydrogen (secondary N) is 1. The van der Waals surface area contributed by atoms with E-state index in [0.717, 1.165) is 5.56 Å². The van der Waals surface area contributed by atoms with Gasteiger partial charge in [0.2, 0.25) is 0 Å². The molecule has 3 N–H and O–H groups in total. The Kier molecular flexibility index (Phi) is 3.93. The lowest BCUT2D eigenvalue weighted by molar-refractivity contribution is 0.0945. The monoisotopic (exact) mass is 274 g/mol. The third kappa shape index (κ3) is 3.09. The maximum atomic E-state index is 13.5. The maximum Gasteiger partial charge on any atom is 0.271 e. The van der Waals surface area contributed by atoms with E-state index in [0.29, 0.717) is 11.1 Å². The number of hydrogen-bond donors (Lipinski definition) is 2. The number of nitrogen functional groups attached to an aromatic ring is 1. The number of aromatic nitrogens is 2. The average Bonchev–Trinajstić information content (AvgIpc) is 2.42. The molecule has 1 aromatic heterocycles. The predicted octanol–water partition coefficient (Wildman–Crippen LogP) is 1.74. The smallest absolute Gasteiger partial charge is 0.271 e. The Morgan fingerprint density at radius 1 is 1.30 bits per heavy atom. The molecule has 0 bridgehead atoms. The Labute approximate surface area is 116 Å². The van der Waals surface area contributed by atoms with Crippen LogP contribution in [0.3, 0.4) is 0 Å². The molecule has 5 nitrogen and oxygen atoms in total. The van der Waals surface area contributed by atoms with Gasteiger partial charge in [0.1, 0.15) is 17.3 Å². The maximum absolute atomic E-state index is 13.5. The molecular weight excluding hydrogens is 259 g/mol. The standard InChI is InChI=1S/C14H15FN4O/c1-8-3-10(4-9(2)13(8)15)5-18-14(20)11-6-17-7-12(16)19-11/h3-4,6-7H,5H2,1-2H3,(H2,16,19)(H,18,20). The second kappa shape index (κ2) is 5.64. The van der Waals surface area contributed by atoms with E-state index in [4.69, 9.17) is 5.73 Å². The fourth-order valence-electron chi connectivity index (χ4n) is 1.90. The van der Waals surface area contributed by atoms with Crippen LogP contribution in [0.1, 0.15) is 27.2 Å². The van der Waals surface area contributed by atoms with Crippen LogP contribution in [0.25, 0.3) is 0 Å². The molecule has 0 spiro atoms. The molecule has 1 aromatic carbocycles. The summed E-state index contributed by atoms with van der Waals surface area (Å²) in [4.78, 5) is 19.5. The predicted molar refractivity (Wildman–Crippen MR) is 73.5 cm³/mol. The van der Waals surface area contributed by atoms with E-state index < -0.39 is 0 Å². The molecule has 0 saturated carbocycles. The van der Waals surface area contributed by atoms with Gasteiger partial charge in [-0.3, -0.25) is 9.78 Å². The first-order valence-electron chi connectivity index (χ1n) is 6.08. The van der Waals surface area contributed by atoms with Crippen LogP contribution >= 0.6 is 0 Å². The van der Waals surface area contributed by atoms with Gasteiger partial charge in [0.05, 0.1) is 12.4 Å². The third-order valence-electron chi connectivity index (χ3n) is 2.84. The fourth-order valence-corrected chi connectivity index (χ4v) is 1.90. The summed E-state index contributed by atoms with van der Waals surface area (Å²) in [5, 5.41) is 2.70. The van der Waals surface area contributed by atoms with Crippen molar-refractivity contribution >= 4 is 11.7 Å². The number of nitrogens with two attached hydrogens (primary N) is 1. The van der Waals surface area contributed by atoms with E-state index in [1.807, 2.05) is 0 Å². The molecule has 0 fully saturated rings. The number of rotatable bonds is 3. The van der Waals surface area contributed by atoms with E-state index in [2.05, 4.69) is 15.3 Å². The Balaban J connectivity index is 2.07. The van der Waals surface area contributed by atoms with E-state index in [1.165, 1.54) is 12.4 Å². The second-order valence-electron chi connectivity index (χ2n) is 4.56. The highest BCUT2D eigenvalue weighted by Crippen LogP contribution is 2.14. The van der Waals surface area contributed by atoms with Gasteiger partial charge in [0.25, 0.3) is 5.91 Å². The first kappa shape index (κ1) is 13.9. The summed E-state index contributed by atoms with van der Waals surface area (Å²) >= 11 is 0. The van der Waals surface area contributed by atoms with Crippen LogP contribution in [0.15, 0.2) is 24.5 Å². The molecule has 0 atom stereocenters. The number of hydrogen-bond acceptors (Lipinski definition) is 4. The molecule has 2 rings (SSSR count). The van der Waals surface area contributed by atoms with Gasteiger partial charge in [0, 0.05) is 6.54 Å². The number of benzene rings is 1. The third-order valence-corrected chi connectivity index (χ3v) is 2.84. The Bertz CT molecular complexity index is 634. The van der Waals surface area contributed by atoms with Gasteiger partial charge in [-0.05, 0) is 30.5 Å². The number of halogens is 1. The van der Waals surface area contributed by atoms with E-state index in [1.54, 1.807) is 26.0 Å². The lowest BCUT2D eigenvalue weighted by Crippen LogP contribution is -2.24. The number of carbonyl (C=O) groups is 1. The van der Waals surface area contributed by atoms with Crippen LogP contribution in [0.5, 0.6) is 0 Å². The SMILES string of the molecule is Cc1cc(CNC(=O)c2cncc(N)n2)cc(C)c1F. The topological polar surface area (TPSA) is 80.9 Å². The highest BCUT2D eigenvalue weighted by atomic mass is 19.1. The molecule has 20 heavy (non-hydrogen) atoms. The lowest BCUT2D eigenvalue weighted by Gasteiger charge is -2.08. The molecule has 0 unspecified atom stereocenters. The molecule has 2 aromatic rings. The van der Waals surface area contributed by atoms with Crippen molar-refractivity contribution in [3.05, 3.63) is 52.7 Å². The van der Waals surface area contributed by atoms with Gasteiger partial charge >= 0.3 is 0 Å². The molecule has 6 heteroatoms. The molecule has 0 aliphatic heterocycles. The minimum atomic E-state index is -0.371. The van der Waals surface area contributed by atoms with Crippen LogP contribution in [0, 0.1) is 19.7 Å². The minimum absolute atomic E-state index is 0.153. The number of nitrogens with zero attached hydrogens (tertiary/aromatic N) is 2. The highest BCUT2D eigenvalue weighted by Gasteiger charge is 2.09. The van der Waals surface area contributed by atoms with E-state index >= 15 is 0 Å². The van der Waals surface area contributed by atoms with Gasteiger partial charge in [-0.25, -0.2) is 9.37 Å². The summed E-state index contributed by atoms with van der Waals surface area (Å²) in [7, 11) is 0. The van der Waals surface area contributed by atoms with Gasteiger partial charge in [0.15, 0.2) is 0 Å². The Hall–Kier alpha value is -2.50. The van der Waals surface area contributed by atoms with Crippen LogP contribution in [-0.4, -0.2) is 15.9 Å². The molecule has 0 aliphatic carbocycles. The summed E-state index contributed by atoms with van der Waals surface area (Å²) in [5.74, 6) is -0.405. The number of aryl methyl sites for hydroxylation is 2. The van der Waals surface area contributed by atoms with Crippen molar-refractivity contribution in [3.8, 4) is 0 Å². The molecular formula is C14H15FN4O. The number of carbonyl (C=O) groups excluding carboxylic acids is 1. The van der Waals surface area contributed by atoms with Gasteiger partial charge in [-0.15, -0.1) is 0 Å². The van der Waals surface area contributed by atoms with Crippen molar-refractivity contribution in [2.24, 2.45) is 0 Å². The molecule has 1 heterocycles. The lowest BCUT2D eigenvalue weighted by atomic mass is 10.1. The van der Waals surface area contributed by atoms with Crippen LogP contribution in [0.2, 0.25) is 0 Å². The quantitative estimate of drug-likeness (QED) is 0.893. The summed E-state index contributed by atoms with van der Waals surface area (Å²) in [6.07, 6.45) is 2.70. The van der Waals surface area contributed by atoms with E-state index in [-0.39, 0.29) is 29.8 Å². The first-order valence-corrected chi connectivity index (χ1v) is 6.08. The minimum Gasteiger partial charge on any atom is -0.382 e. The molecule has 0 radical (unpaired) electrons. The normalized spacial score (nSPS) is 10.3. The largest absolute Gasteiger partial charge is 0.382 e. The first-order chi connectivity index (χ1) is 9.47. The summed E-state index contributed by atoms with van der Waals surface area (Å²) in [6.45, 7) is 3.67. The average molecular weight is 274 g/mol. The van der Waals surface area contributed by atoms with Crippen molar-refractivity contribution in [3.63, 3.8) is 0 Å². The zero-order valence-corrected chi connectivity index (χ0v) is 11.3. The fraction of sp³-hybridized carbons (Fsp3) is 0.214. The zero-order chi connectivity index (χ0) is 14.7. The molecule has 0 saturated heterocycles. The number of anilines is 1. The Morgan fingerprint density at radius 3 is 2.55 bits per heavy atom. The molecule has 1 amide bonds. The van der Waals surface area contributed by atoms with Crippen molar-refractivity contribution in [1.29, 1.82) is 0 Å². The van der Waals surface area contributed by atoms with Crippen LogP contribution in [-0.2, 0) is 6.54 Å². The van der Waals surface area contributed by atoms with Crippen molar-refractivity contribution in [1.82, 2.24) is 15.3 Å². The summed E-state index contributed by atoms with van der Waals surface area (Å²) in [5.41, 5.74) is 7.55. The van der Waals surface area contributed by atoms with Crippen LogP contribution < -0.4 is 11.1 Å². The van der Waals surface area contributed by atoms with Crippen molar-refractivity contribution in [2.75, 3.05) is 5.73 Å². The highest BCUT2D eigenvalue weighted by molar-refractivity contribution is 5.92. The molecule has 104 valence electrons. The zero-order valence-electron chi connectivity index (χ0n) is 11.3. The van der Waals surface area contributed by atoms with Crippen molar-refractivity contribution < 1.29 is 9.18 Å². The second-order valence-corrected chi connectivity index (χ2v) is 4.56. The Morgan fingerprint density at radius 2 is 1.95 bits per heavy atom. The van der Waals surface area contributed by atoms with Crippen molar-refractivity contribution in [2.45, 2.75) is 20.4 Å². The molecule has 0 aliphatic rings.